The summed E-state index contributed by atoms with van der Waals surface area (Å²) in [5.41, 5.74) is 0.529. The summed E-state index contributed by atoms with van der Waals surface area (Å²) in [6.07, 6.45) is 4.37. The van der Waals surface area contributed by atoms with Gasteiger partial charge >= 0.3 is 5.97 Å². The van der Waals surface area contributed by atoms with Gasteiger partial charge in [0, 0.05) is 5.57 Å². The van der Waals surface area contributed by atoms with Crippen LogP contribution in [-0.2, 0) is 4.79 Å². The lowest BCUT2D eigenvalue weighted by atomic mass is 10.1. The fourth-order valence-electron chi connectivity index (χ4n) is 0.742. The van der Waals surface area contributed by atoms with Crippen LogP contribution in [-0.4, -0.2) is 11.1 Å². The van der Waals surface area contributed by atoms with Crippen LogP contribution in [0.3, 0.4) is 0 Å². The molecule has 12 heavy (non-hydrogen) atoms. The Labute approximate surface area is 74.6 Å². The number of hydrogen-bond acceptors (Lipinski definition) is 1. The molecule has 0 fully saturated rings. The van der Waals surface area contributed by atoms with E-state index in [0.717, 1.165) is 12.8 Å². The number of carbonyl (C=O) groups is 1. The Bertz CT molecular complexity index is 148. The van der Waals surface area contributed by atoms with Crippen molar-refractivity contribution in [2.45, 2.75) is 33.1 Å². The second-order valence-corrected chi connectivity index (χ2v) is 2.22. The minimum Gasteiger partial charge on any atom is -0.478 e. The molecule has 0 aliphatic rings. The molecular weight excluding hydrogens is 152 g/mol. The zero-order valence-corrected chi connectivity index (χ0v) is 7.97. The third-order valence-electron chi connectivity index (χ3n) is 1.42. The number of allylic oxidation sites excluding steroid dienone is 1. The predicted molar refractivity (Wildman–Crippen MR) is 52.2 cm³/mol. The molecule has 0 aliphatic heterocycles. The van der Waals surface area contributed by atoms with Gasteiger partial charge in [-0.1, -0.05) is 19.4 Å². The Morgan fingerprint density at radius 1 is 1.50 bits per heavy atom. The Morgan fingerprint density at radius 2 is 2.00 bits per heavy atom. The van der Waals surface area contributed by atoms with Gasteiger partial charge < -0.3 is 5.11 Å². The van der Waals surface area contributed by atoms with Gasteiger partial charge in [0.05, 0.1) is 0 Å². The van der Waals surface area contributed by atoms with E-state index in [1.54, 1.807) is 13.0 Å². The first-order valence-electron chi connectivity index (χ1n) is 4.10. The van der Waals surface area contributed by atoms with E-state index in [1.807, 2.05) is 0 Å². The molecule has 0 atom stereocenters. The molecule has 2 nitrogen and oxygen atoms in total. The summed E-state index contributed by atoms with van der Waals surface area (Å²) < 4.78 is 0. The quantitative estimate of drug-likeness (QED) is 0.520. The van der Waals surface area contributed by atoms with E-state index in [-0.39, 0.29) is 0 Å². The molecule has 0 amide bonds. The van der Waals surface area contributed by atoms with Gasteiger partial charge in [0.25, 0.3) is 0 Å². The van der Waals surface area contributed by atoms with Crippen molar-refractivity contribution in [3.8, 4) is 0 Å². The molecule has 2 heteroatoms. The molecule has 0 spiro atoms. The minimum atomic E-state index is -0.782. The number of rotatable bonds is 4. The number of carboxylic acid groups (broad SMARTS) is 1. The molecule has 0 aliphatic carbocycles. The maximum atomic E-state index is 10.4. The van der Waals surface area contributed by atoms with Crippen LogP contribution in [0.4, 0.5) is 0 Å². The van der Waals surface area contributed by atoms with Crippen LogP contribution in [0.2, 0.25) is 0 Å². The normalized spacial score (nSPS) is 10.0. The Kier molecular flexibility index (Phi) is 11.2. The molecule has 0 aromatic rings. The van der Waals surface area contributed by atoms with Crippen LogP contribution in [0.25, 0.3) is 0 Å². The predicted octanol–water partition coefficient (Wildman–Crippen LogP) is 3.01. The molecule has 1 N–H and O–H groups in total. The van der Waals surface area contributed by atoms with Crippen molar-refractivity contribution >= 4 is 5.97 Å². The first kappa shape index (κ1) is 13.5. The lowest BCUT2D eigenvalue weighted by Gasteiger charge is -1.97. The lowest BCUT2D eigenvalue weighted by Crippen LogP contribution is -1.99. The molecule has 0 rings (SSSR count). The van der Waals surface area contributed by atoms with Crippen molar-refractivity contribution in [2.24, 2.45) is 0 Å². The van der Waals surface area contributed by atoms with Crippen molar-refractivity contribution in [2.75, 3.05) is 0 Å². The van der Waals surface area contributed by atoms with Gasteiger partial charge in [-0.05, 0) is 19.8 Å². The molecule has 0 aromatic heterocycles. The Balaban J connectivity index is 0. The topological polar surface area (TPSA) is 37.3 Å². The van der Waals surface area contributed by atoms with Crippen molar-refractivity contribution in [1.29, 1.82) is 0 Å². The highest BCUT2D eigenvalue weighted by Crippen LogP contribution is 2.06. The van der Waals surface area contributed by atoms with Crippen LogP contribution in [0, 0.1) is 0 Å². The van der Waals surface area contributed by atoms with Gasteiger partial charge in [-0.25, -0.2) is 4.79 Å². The van der Waals surface area contributed by atoms with E-state index in [4.69, 9.17) is 5.11 Å². The van der Waals surface area contributed by atoms with Crippen LogP contribution in [0.15, 0.2) is 24.8 Å². The summed E-state index contributed by atoms with van der Waals surface area (Å²) in [4.78, 5) is 10.4. The average Bonchev–Trinajstić information content (AvgIpc) is 2.09. The minimum absolute atomic E-state index is 0.529. The molecule has 0 saturated heterocycles. The van der Waals surface area contributed by atoms with Gasteiger partial charge in [0.15, 0.2) is 0 Å². The van der Waals surface area contributed by atoms with E-state index < -0.39 is 5.97 Å². The van der Waals surface area contributed by atoms with Crippen LogP contribution in [0.5, 0.6) is 0 Å². The monoisotopic (exact) mass is 170 g/mol. The highest BCUT2D eigenvalue weighted by atomic mass is 16.4. The molecule has 0 radical (unpaired) electrons. The third-order valence-corrected chi connectivity index (χ3v) is 1.42. The number of aliphatic carboxylic acids is 1. The van der Waals surface area contributed by atoms with Crippen LogP contribution < -0.4 is 0 Å². The first-order chi connectivity index (χ1) is 5.72. The molecular formula is C10H18O2. The molecule has 0 bridgehead atoms. The summed E-state index contributed by atoms with van der Waals surface area (Å²) in [6.45, 7) is 9.81. The van der Waals surface area contributed by atoms with Gasteiger partial charge in [-0.15, -0.1) is 13.2 Å². The molecule has 0 aromatic carbocycles. The van der Waals surface area contributed by atoms with Crippen LogP contribution in [0.1, 0.15) is 33.1 Å². The molecule has 0 unspecified atom stereocenters. The van der Waals surface area contributed by atoms with E-state index in [9.17, 15) is 4.79 Å². The molecule has 0 heterocycles. The Morgan fingerprint density at radius 3 is 2.25 bits per heavy atom. The summed E-state index contributed by atoms with van der Waals surface area (Å²) in [5.74, 6) is -0.782. The zero-order valence-electron chi connectivity index (χ0n) is 7.97. The van der Waals surface area contributed by atoms with Gasteiger partial charge in [-0.2, -0.15) is 0 Å². The number of carboxylic acids is 1. The molecule has 0 saturated carbocycles. The lowest BCUT2D eigenvalue weighted by molar-refractivity contribution is -0.132. The van der Waals surface area contributed by atoms with E-state index in [2.05, 4.69) is 20.1 Å². The standard InChI is InChI=1S/C8H14O2.C2H4/c1-3-5-6-7(4-2)8(9)10;1-2/h4H,3,5-6H2,1-2H3,(H,9,10);1-2H2. The van der Waals surface area contributed by atoms with Crippen molar-refractivity contribution in [3.63, 3.8) is 0 Å². The van der Waals surface area contributed by atoms with Gasteiger partial charge in [-0.3, -0.25) is 0 Å². The second kappa shape index (κ2) is 9.95. The van der Waals surface area contributed by atoms with Gasteiger partial charge in [0.1, 0.15) is 0 Å². The first-order valence-corrected chi connectivity index (χ1v) is 4.10. The average molecular weight is 170 g/mol. The Hall–Kier alpha value is -1.05. The van der Waals surface area contributed by atoms with E-state index >= 15 is 0 Å². The van der Waals surface area contributed by atoms with Crippen molar-refractivity contribution < 1.29 is 9.90 Å². The maximum absolute atomic E-state index is 10.4. The smallest absolute Gasteiger partial charge is 0.331 e. The second-order valence-electron chi connectivity index (χ2n) is 2.22. The fourth-order valence-corrected chi connectivity index (χ4v) is 0.742. The largest absolute Gasteiger partial charge is 0.478 e. The van der Waals surface area contributed by atoms with Crippen molar-refractivity contribution in [1.82, 2.24) is 0 Å². The highest BCUT2D eigenvalue weighted by Gasteiger charge is 2.02. The number of unbranched alkanes of at least 4 members (excludes halogenated alkanes) is 1. The third kappa shape index (κ3) is 7.06. The summed E-state index contributed by atoms with van der Waals surface area (Å²) in [5, 5.41) is 8.53. The molecule has 70 valence electrons. The summed E-state index contributed by atoms with van der Waals surface area (Å²) >= 11 is 0. The van der Waals surface area contributed by atoms with Gasteiger partial charge in [0.2, 0.25) is 0 Å². The highest BCUT2D eigenvalue weighted by molar-refractivity contribution is 5.86. The maximum Gasteiger partial charge on any atom is 0.331 e. The van der Waals surface area contributed by atoms with E-state index in [1.165, 1.54) is 0 Å². The number of hydrogen-bond donors (Lipinski definition) is 1. The summed E-state index contributed by atoms with van der Waals surface area (Å²) in [7, 11) is 0. The van der Waals surface area contributed by atoms with Crippen molar-refractivity contribution in [3.05, 3.63) is 24.8 Å². The summed E-state index contributed by atoms with van der Waals surface area (Å²) in [6, 6.07) is 0. The zero-order chi connectivity index (χ0) is 9.98. The van der Waals surface area contributed by atoms with Crippen LogP contribution >= 0.6 is 0 Å². The van der Waals surface area contributed by atoms with E-state index in [0.29, 0.717) is 12.0 Å². The fraction of sp³-hybridized carbons (Fsp3) is 0.500. The SMILES string of the molecule is C=C.CC=C(CCCC)C(=O)O.